The topological polar surface area (TPSA) is 183 Å². The lowest BCUT2D eigenvalue weighted by Crippen LogP contribution is -2.62. The van der Waals surface area contributed by atoms with Gasteiger partial charge in [0.25, 0.3) is 0 Å². The van der Waals surface area contributed by atoms with Gasteiger partial charge in [-0.25, -0.2) is 14.4 Å². The SMILES string of the molecule is CCCCCCCCCCCCCC=C[C@@H](OC(=O)c1ccccc1)[C@H](CO[C@@H]1O[C@H](COCC(=O)OC(C)(C)C)[C@H](OCC(=O)OC(C)(C)C)[C@H](OCc2ccccc2)[C@H]1OCc1ccccc1)N=[N+]=[N-]. The van der Waals surface area contributed by atoms with Crippen molar-refractivity contribution in [1.82, 2.24) is 0 Å². The molecule has 0 aliphatic carbocycles. The maximum atomic E-state index is 13.6. The number of carbonyl (C=O) groups excluding carboxylic acids is 3. The molecule has 0 unspecified atom stereocenters. The molecule has 15 heteroatoms. The molecule has 0 bridgehead atoms. The third-order valence-electron chi connectivity index (χ3n) is 11.5. The van der Waals surface area contributed by atoms with Crippen LogP contribution in [0.3, 0.4) is 0 Å². The van der Waals surface area contributed by atoms with Crippen LogP contribution in [0, 0.1) is 0 Å². The molecule has 3 aromatic carbocycles. The van der Waals surface area contributed by atoms with E-state index in [4.69, 9.17) is 42.6 Å². The van der Waals surface area contributed by atoms with Crippen molar-refractivity contribution in [2.45, 2.75) is 193 Å². The van der Waals surface area contributed by atoms with Crippen molar-refractivity contribution in [3.8, 4) is 0 Å². The first-order valence-electron chi connectivity index (χ1n) is 25.8. The molecule has 4 rings (SSSR count). The van der Waals surface area contributed by atoms with Crippen molar-refractivity contribution in [3.05, 3.63) is 130 Å². The molecule has 1 fully saturated rings. The quantitative estimate of drug-likeness (QED) is 0.0107. The first kappa shape index (κ1) is 59.4. The summed E-state index contributed by atoms with van der Waals surface area (Å²) in [5.41, 5.74) is 10.4. The minimum Gasteiger partial charge on any atom is -0.458 e. The second-order valence-electron chi connectivity index (χ2n) is 20.1. The Morgan fingerprint density at radius 3 is 1.71 bits per heavy atom. The van der Waals surface area contributed by atoms with E-state index in [0.717, 1.165) is 36.8 Å². The summed E-state index contributed by atoms with van der Waals surface area (Å²) in [5.74, 6) is -1.82. The first-order chi connectivity index (χ1) is 34.7. The Morgan fingerprint density at radius 1 is 0.653 bits per heavy atom. The van der Waals surface area contributed by atoms with Gasteiger partial charge in [0.15, 0.2) is 6.29 Å². The highest BCUT2D eigenvalue weighted by Crippen LogP contribution is 2.32. The van der Waals surface area contributed by atoms with E-state index in [1.165, 1.54) is 51.4 Å². The summed E-state index contributed by atoms with van der Waals surface area (Å²) in [6, 6.07) is 26.6. The van der Waals surface area contributed by atoms with Crippen LogP contribution in [0.15, 0.2) is 108 Å². The lowest BCUT2D eigenvalue weighted by Gasteiger charge is -2.46. The number of hydrogen-bond acceptors (Lipinski definition) is 13. The van der Waals surface area contributed by atoms with Crippen LogP contribution >= 0.6 is 0 Å². The summed E-state index contributed by atoms with van der Waals surface area (Å²) in [4.78, 5) is 42.8. The molecule has 0 saturated carbocycles. The number of unbranched alkanes of at least 4 members (excludes halogenated alkanes) is 11. The molecule has 1 aliphatic rings. The summed E-state index contributed by atoms with van der Waals surface area (Å²) in [6.07, 6.45) is 11.4. The minimum atomic E-state index is -1.26. The van der Waals surface area contributed by atoms with Crippen LogP contribution in [0.25, 0.3) is 10.4 Å². The highest BCUT2D eigenvalue weighted by molar-refractivity contribution is 5.89. The van der Waals surface area contributed by atoms with Gasteiger partial charge < -0.3 is 42.6 Å². The van der Waals surface area contributed by atoms with Gasteiger partial charge in [-0.05, 0) is 89.3 Å². The lowest BCUT2D eigenvalue weighted by molar-refractivity contribution is -0.327. The molecule has 1 heterocycles. The van der Waals surface area contributed by atoms with Crippen LogP contribution in [0.4, 0.5) is 0 Å². The number of allylic oxidation sites excluding steroid dienone is 1. The van der Waals surface area contributed by atoms with E-state index in [0.29, 0.717) is 5.56 Å². The number of esters is 3. The molecule has 72 heavy (non-hydrogen) atoms. The highest BCUT2D eigenvalue weighted by Gasteiger charge is 2.50. The van der Waals surface area contributed by atoms with E-state index in [9.17, 15) is 19.9 Å². The van der Waals surface area contributed by atoms with E-state index in [1.54, 1.807) is 78.0 Å². The molecule has 1 saturated heterocycles. The second kappa shape index (κ2) is 32.8. The van der Waals surface area contributed by atoms with E-state index in [1.807, 2.05) is 66.7 Å². The predicted octanol–water partition coefficient (Wildman–Crippen LogP) is 12.1. The molecule has 0 aromatic heterocycles. The first-order valence-corrected chi connectivity index (χ1v) is 25.8. The van der Waals surface area contributed by atoms with Gasteiger partial charge in [-0.2, -0.15) is 0 Å². The maximum absolute atomic E-state index is 13.6. The van der Waals surface area contributed by atoms with Crippen LogP contribution in [0.2, 0.25) is 0 Å². The van der Waals surface area contributed by atoms with Gasteiger partial charge in [0, 0.05) is 4.91 Å². The van der Waals surface area contributed by atoms with Crippen molar-refractivity contribution < 1.29 is 57.0 Å². The second-order valence-corrected chi connectivity index (χ2v) is 20.1. The molecule has 3 aromatic rings. The minimum absolute atomic E-state index is 0.0946. The van der Waals surface area contributed by atoms with Gasteiger partial charge in [0.05, 0.1) is 32.0 Å². The Hall–Kier alpha value is -5.12. The Balaban J connectivity index is 1.64. The zero-order valence-electron chi connectivity index (χ0n) is 43.8. The van der Waals surface area contributed by atoms with Gasteiger partial charge in [0.1, 0.15) is 61.0 Å². The Labute approximate surface area is 428 Å². The van der Waals surface area contributed by atoms with Crippen molar-refractivity contribution in [2.24, 2.45) is 5.11 Å². The third-order valence-corrected chi connectivity index (χ3v) is 11.5. The molecular weight excluding hydrogens is 919 g/mol. The lowest BCUT2D eigenvalue weighted by atomic mass is 9.97. The molecular formula is C57H81N3O12. The summed E-state index contributed by atoms with van der Waals surface area (Å²) >= 11 is 0. The average Bonchev–Trinajstić information content (AvgIpc) is 3.34. The number of hydrogen-bond donors (Lipinski definition) is 0. The molecule has 0 radical (unpaired) electrons. The summed E-state index contributed by atoms with van der Waals surface area (Å²) in [5, 5.41) is 4.11. The van der Waals surface area contributed by atoms with Crippen LogP contribution in [-0.2, 0) is 65.4 Å². The third kappa shape index (κ3) is 24.1. The van der Waals surface area contributed by atoms with E-state index < -0.39 is 85.2 Å². The molecule has 396 valence electrons. The molecule has 15 nitrogen and oxygen atoms in total. The summed E-state index contributed by atoms with van der Waals surface area (Å²) in [6.45, 7) is 11.6. The van der Waals surface area contributed by atoms with Crippen LogP contribution < -0.4 is 0 Å². The van der Waals surface area contributed by atoms with E-state index in [2.05, 4.69) is 16.9 Å². The Kier molecular flexibility index (Phi) is 27.1. The highest BCUT2D eigenvalue weighted by atomic mass is 16.7. The van der Waals surface area contributed by atoms with Gasteiger partial charge in [-0.3, -0.25) is 0 Å². The monoisotopic (exact) mass is 1000 g/mol. The smallest absolute Gasteiger partial charge is 0.338 e. The Morgan fingerprint density at radius 2 is 1.17 bits per heavy atom. The van der Waals surface area contributed by atoms with Crippen LogP contribution in [0.5, 0.6) is 0 Å². The largest absolute Gasteiger partial charge is 0.458 e. The molecule has 0 N–H and O–H groups in total. The predicted molar refractivity (Wildman–Crippen MR) is 276 cm³/mol. The van der Waals surface area contributed by atoms with Gasteiger partial charge in [0.2, 0.25) is 0 Å². The fourth-order valence-electron chi connectivity index (χ4n) is 8.03. The van der Waals surface area contributed by atoms with Crippen LogP contribution in [0.1, 0.15) is 147 Å². The van der Waals surface area contributed by atoms with Crippen molar-refractivity contribution >= 4 is 17.9 Å². The number of nitrogens with zero attached hydrogens (tertiary/aromatic N) is 3. The van der Waals surface area contributed by atoms with E-state index in [-0.39, 0.29) is 26.4 Å². The van der Waals surface area contributed by atoms with Gasteiger partial charge in [-0.1, -0.05) is 161 Å². The molecule has 0 spiro atoms. The molecule has 0 amide bonds. The number of rotatable bonds is 33. The molecule has 7 atom stereocenters. The van der Waals surface area contributed by atoms with Crippen molar-refractivity contribution in [2.75, 3.05) is 26.4 Å². The average molecular weight is 1000 g/mol. The van der Waals surface area contributed by atoms with E-state index >= 15 is 0 Å². The number of ether oxygens (including phenoxy) is 9. The standard InChI is InChI=1S/C57H81N3O12/c1-8-9-10-11-12-13-14-15-16-17-18-19-29-36-47(69-54(63)45-34-27-22-28-35-45)46(59-60-58)39-68-55-53(66-38-44-32-25-21-26-33-44)52(65-37-43-30-23-20-24-31-43)51(67-42-50(62)72-57(5,6)7)48(70-55)40-64-41-49(61)71-56(2,3)4/h20-36,46-48,51-53,55H,8-19,37-42H2,1-7H3/t46-,47+,48+,51-,52-,53+,55+/m0/s1. The maximum Gasteiger partial charge on any atom is 0.338 e. The summed E-state index contributed by atoms with van der Waals surface area (Å²) in [7, 11) is 0. The number of benzene rings is 3. The van der Waals surface area contributed by atoms with Gasteiger partial charge in [-0.15, -0.1) is 0 Å². The Bertz CT molecular complexity index is 2050. The number of azide groups is 1. The summed E-state index contributed by atoms with van der Waals surface area (Å²) < 4.78 is 56.2. The normalized spacial score (nSPS) is 19.0. The fraction of sp³-hybridized carbons (Fsp3) is 0.596. The van der Waals surface area contributed by atoms with Crippen molar-refractivity contribution in [3.63, 3.8) is 0 Å². The zero-order chi connectivity index (χ0) is 52.0. The zero-order valence-corrected chi connectivity index (χ0v) is 43.8. The van der Waals surface area contributed by atoms with Crippen LogP contribution in [-0.4, -0.2) is 98.4 Å². The molecule has 1 aliphatic heterocycles. The van der Waals surface area contributed by atoms with Crippen molar-refractivity contribution in [1.29, 1.82) is 0 Å². The van der Waals surface area contributed by atoms with Gasteiger partial charge >= 0.3 is 17.9 Å². The fourth-order valence-corrected chi connectivity index (χ4v) is 8.03. The number of carbonyl (C=O) groups is 3.